The highest BCUT2D eigenvalue weighted by molar-refractivity contribution is 5.77. The monoisotopic (exact) mass is 555 g/mol. The van der Waals surface area contributed by atoms with Crippen molar-refractivity contribution in [3.63, 3.8) is 0 Å². The summed E-state index contributed by atoms with van der Waals surface area (Å²) in [6.45, 7) is 2.86. The molecule has 0 radical (unpaired) electrons. The van der Waals surface area contributed by atoms with Crippen LogP contribution in [0.2, 0.25) is 0 Å². The number of piperidine rings is 1. The third-order valence-corrected chi connectivity index (χ3v) is 7.80. The van der Waals surface area contributed by atoms with Crippen LogP contribution in [0.4, 0.5) is 4.39 Å². The zero-order chi connectivity index (χ0) is 28.6. The van der Waals surface area contributed by atoms with Crippen LogP contribution in [0.3, 0.4) is 0 Å². The Morgan fingerprint density at radius 2 is 1.73 bits per heavy atom. The number of aromatic nitrogens is 6. The molecule has 1 atom stereocenters. The molecule has 0 saturated carbocycles. The van der Waals surface area contributed by atoms with Crippen molar-refractivity contribution in [3.8, 4) is 16.8 Å². The Morgan fingerprint density at radius 1 is 1.05 bits per heavy atom. The van der Waals surface area contributed by atoms with Crippen LogP contribution in [0.25, 0.3) is 27.8 Å². The molecule has 10 nitrogen and oxygen atoms in total. The molecule has 4 heterocycles. The van der Waals surface area contributed by atoms with Crippen LogP contribution < -0.4 is 5.56 Å². The zero-order valence-corrected chi connectivity index (χ0v) is 22.6. The van der Waals surface area contributed by atoms with Crippen LogP contribution in [0.5, 0.6) is 0 Å². The van der Waals surface area contributed by atoms with Crippen LogP contribution in [0.1, 0.15) is 32.2 Å². The number of nitrogens with zero attached hydrogens (tertiary/aromatic N) is 7. The first kappa shape index (κ1) is 26.6. The molecule has 0 aliphatic carbocycles. The molecule has 1 saturated heterocycles. The number of benzene rings is 2. The van der Waals surface area contributed by atoms with Crippen molar-refractivity contribution < 1.29 is 14.3 Å². The number of hydrogen-bond acceptors (Lipinski definition) is 6. The lowest BCUT2D eigenvalue weighted by Gasteiger charge is -2.38. The maximum Gasteiger partial charge on any atom is 0.264 e. The summed E-state index contributed by atoms with van der Waals surface area (Å²) >= 11 is 0. The predicted octanol–water partition coefficient (Wildman–Crippen LogP) is 3.59. The smallest absolute Gasteiger partial charge is 0.264 e. The molecule has 3 aromatic heterocycles. The molecule has 1 amide bonds. The number of hydrogen-bond donors (Lipinski definition) is 1. The summed E-state index contributed by atoms with van der Waals surface area (Å²) in [6, 6.07) is 15.6. The molecule has 0 bridgehead atoms. The maximum atomic E-state index is 13.3. The van der Waals surface area contributed by atoms with E-state index in [2.05, 4.69) is 15.2 Å². The number of carbonyl (C=O) groups is 1. The molecule has 1 aliphatic rings. The van der Waals surface area contributed by atoms with Gasteiger partial charge in [0.2, 0.25) is 5.91 Å². The van der Waals surface area contributed by atoms with Crippen LogP contribution in [-0.4, -0.2) is 63.7 Å². The predicted molar refractivity (Wildman–Crippen MR) is 151 cm³/mol. The number of rotatable bonds is 7. The highest BCUT2D eigenvalue weighted by atomic mass is 19.1. The van der Waals surface area contributed by atoms with E-state index < -0.39 is 5.60 Å². The Kier molecular flexibility index (Phi) is 6.96. The standard InChI is InChI=1S/C30H30FN7O3/c1-21(37-14-2-13-33-37)17-27(39)35-15-11-30(41,12-16-35)19-36-20-32-28-26(29(36)40)18-34-38(28)25-9-5-23(6-10-25)22-3-7-24(31)8-4-22/h2-10,13-14,18,20-21,41H,11-12,15-17,19H2,1H3. The van der Waals surface area contributed by atoms with Gasteiger partial charge in [-0.1, -0.05) is 24.3 Å². The summed E-state index contributed by atoms with van der Waals surface area (Å²) in [7, 11) is 0. The second-order valence-corrected chi connectivity index (χ2v) is 10.7. The van der Waals surface area contributed by atoms with Gasteiger partial charge in [0, 0.05) is 31.9 Å². The van der Waals surface area contributed by atoms with E-state index >= 15 is 0 Å². The topological polar surface area (TPSA) is 111 Å². The van der Waals surface area contributed by atoms with E-state index in [4.69, 9.17) is 0 Å². The van der Waals surface area contributed by atoms with Crippen molar-refractivity contribution in [3.05, 3.63) is 95.7 Å². The molecule has 210 valence electrons. The summed E-state index contributed by atoms with van der Waals surface area (Å²) in [4.78, 5) is 32.4. The van der Waals surface area contributed by atoms with Gasteiger partial charge in [-0.2, -0.15) is 10.2 Å². The SMILES string of the molecule is CC(CC(=O)N1CCC(O)(Cn2cnc3c(cnn3-c3ccc(-c4ccc(F)cc4)cc3)c2=O)CC1)n1cccn1. The second kappa shape index (κ2) is 10.7. The molecule has 1 N–H and O–H groups in total. The van der Waals surface area contributed by atoms with Gasteiger partial charge in [0.1, 0.15) is 17.5 Å². The fraction of sp³-hybridized carbons (Fsp3) is 0.300. The van der Waals surface area contributed by atoms with Gasteiger partial charge >= 0.3 is 0 Å². The number of halogens is 1. The van der Waals surface area contributed by atoms with Crippen LogP contribution >= 0.6 is 0 Å². The Bertz CT molecular complexity index is 1720. The molecule has 5 aromatic rings. The first-order valence-corrected chi connectivity index (χ1v) is 13.6. The van der Waals surface area contributed by atoms with E-state index in [0.717, 1.165) is 16.8 Å². The van der Waals surface area contributed by atoms with E-state index in [1.807, 2.05) is 43.5 Å². The van der Waals surface area contributed by atoms with E-state index in [0.29, 0.717) is 43.4 Å². The van der Waals surface area contributed by atoms with Gasteiger partial charge in [-0.3, -0.25) is 18.8 Å². The molecule has 2 aromatic carbocycles. The fourth-order valence-corrected chi connectivity index (χ4v) is 5.35. The summed E-state index contributed by atoms with van der Waals surface area (Å²) in [6.07, 6.45) is 7.51. The summed E-state index contributed by atoms with van der Waals surface area (Å²) in [5.74, 6) is -0.266. The molecule has 1 unspecified atom stereocenters. The van der Waals surface area contributed by atoms with Crippen LogP contribution in [-0.2, 0) is 11.3 Å². The Balaban J connectivity index is 1.13. The average molecular weight is 556 g/mol. The van der Waals surface area contributed by atoms with Gasteiger partial charge in [0.05, 0.1) is 30.1 Å². The van der Waals surface area contributed by atoms with Gasteiger partial charge in [-0.25, -0.2) is 14.1 Å². The number of aliphatic hydroxyl groups is 1. The van der Waals surface area contributed by atoms with Crippen LogP contribution in [0, 0.1) is 5.82 Å². The van der Waals surface area contributed by atoms with Crippen molar-refractivity contribution in [2.24, 2.45) is 0 Å². The van der Waals surface area contributed by atoms with E-state index in [1.165, 1.54) is 29.2 Å². The largest absolute Gasteiger partial charge is 0.388 e. The summed E-state index contributed by atoms with van der Waals surface area (Å²) < 4.78 is 18.0. The maximum absolute atomic E-state index is 13.3. The molecule has 0 spiro atoms. The molecule has 1 fully saturated rings. The zero-order valence-electron chi connectivity index (χ0n) is 22.6. The van der Waals surface area contributed by atoms with Crippen molar-refractivity contribution in [2.45, 2.75) is 44.4 Å². The minimum atomic E-state index is -1.13. The highest BCUT2D eigenvalue weighted by Crippen LogP contribution is 2.26. The average Bonchev–Trinajstić information content (AvgIpc) is 3.67. The lowest BCUT2D eigenvalue weighted by atomic mass is 9.91. The first-order valence-electron chi connectivity index (χ1n) is 13.6. The Hall–Kier alpha value is -4.64. The molecule has 1 aliphatic heterocycles. The molecule has 41 heavy (non-hydrogen) atoms. The third-order valence-electron chi connectivity index (χ3n) is 7.80. The van der Waals surface area contributed by atoms with Crippen molar-refractivity contribution in [1.29, 1.82) is 0 Å². The van der Waals surface area contributed by atoms with E-state index in [-0.39, 0.29) is 29.9 Å². The molecule has 6 rings (SSSR count). The summed E-state index contributed by atoms with van der Waals surface area (Å²) in [5.41, 5.74) is 1.54. The van der Waals surface area contributed by atoms with Gasteiger partial charge < -0.3 is 10.0 Å². The van der Waals surface area contributed by atoms with Crippen molar-refractivity contribution >= 4 is 16.9 Å². The van der Waals surface area contributed by atoms with Gasteiger partial charge in [-0.15, -0.1) is 0 Å². The van der Waals surface area contributed by atoms with E-state index in [1.54, 1.807) is 32.6 Å². The third kappa shape index (κ3) is 5.40. The quantitative estimate of drug-likeness (QED) is 0.329. The molecular weight excluding hydrogens is 525 g/mol. The lowest BCUT2D eigenvalue weighted by Crippen LogP contribution is -2.49. The fourth-order valence-electron chi connectivity index (χ4n) is 5.35. The van der Waals surface area contributed by atoms with Crippen molar-refractivity contribution in [1.82, 2.24) is 34.0 Å². The van der Waals surface area contributed by atoms with Gasteiger partial charge in [0.25, 0.3) is 5.56 Å². The first-order chi connectivity index (χ1) is 19.8. The number of likely N-dealkylation sites (tertiary alicyclic amines) is 1. The van der Waals surface area contributed by atoms with Gasteiger partial charge in [-0.05, 0) is 61.2 Å². The number of carbonyl (C=O) groups excluding carboxylic acids is 1. The molecule has 11 heteroatoms. The lowest BCUT2D eigenvalue weighted by molar-refractivity contribution is -0.136. The van der Waals surface area contributed by atoms with Crippen LogP contribution in [0.15, 0.2) is 84.3 Å². The Labute approximate surface area is 235 Å². The molecular formula is C30H30FN7O3. The van der Waals surface area contributed by atoms with Gasteiger partial charge in [0.15, 0.2) is 5.65 Å². The minimum absolute atomic E-state index is 0.0217. The minimum Gasteiger partial charge on any atom is -0.388 e. The Morgan fingerprint density at radius 3 is 2.39 bits per heavy atom. The van der Waals surface area contributed by atoms with E-state index in [9.17, 15) is 19.1 Å². The van der Waals surface area contributed by atoms with Crippen molar-refractivity contribution in [2.75, 3.05) is 13.1 Å². The second-order valence-electron chi connectivity index (χ2n) is 10.7. The normalized spacial score (nSPS) is 15.7. The number of fused-ring (bicyclic) bond motifs is 1. The summed E-state index contributed by atoms with van der Waals surface area (Å²) in [5, 5.41) is 20.2. The highest BCUT2D eigenvalue weighted by Gasteiger charge is 2.35. The number of amides is 1.